The average molecular weight is 411 g/mol. The van der Waals surface area contributed by atoms with Crippen LogP contribution in [0.1, 0.15) is 44.9 Å². The first-order valence-corrected chi connectivity index (χ1v) is 11.2. The summed E-state index contributed by atoms with van der Waals surface area (Å²) in [7, 11) is 1.89. The lowest BCUT2D eigenvalue weighted by atomic mass is 9.85. The van der Waals surface area contributed by atoms with Gasteiger partial charge in [0.05, 0.1) is 0 Å². The predicted octanol–water partition coefficient (Wildman–Crippen LogP) is 1.11. The van der Waals surface area contributed by atoms with E-state index < -0.39 is 17.7 Å². The van der Waals surface area contributed by atoms with Gasteiger partial charge < -0.3 is 15.0 Å². The van der Waals surface area contributed by atoms with Crippen molar-refractivity contribution in [2.24, 2.45) is 16.9 Å². The number of carbonyl (C=O) groups excluding carboxylic acids is 3. The highest BCUT2D eigenvalue weighted by Crippen LogP contribution is 2.25. The number of hydrogen-bond acceptors (Lipinski definition) is 6. The van der Waals surface area contributed by atoms with Crippen molar-refractivity contribution in [3.05, 3.63) is 0 Å². The zero-order chi connectivity index (χ0) is 19.9. The molecule has 2 N–H and O–H groups in total. The fourth-order valence-corrected chi connectivity index (χ4v) is 4.94. The second kappa shape index (κ2) is 10.2. The maximum Gasteiger partial charge on any atom is 0.309 e. The van der Waals surface area contributed by atoms with E-state index in [1.54, 1.807) is 0 Å². The molecule has 0 bridgehead atoms. The molecule has 1 saturated carbocycles. The number of ether oxygens (including phenoxy) is 1. The lowest BCUT2D eigenvalue weighted by Gasteiger charge is -2.31. The molecule has 1 aliphatic carbocycles. The molecule has 0 spiro atoms. The number of carbonyl (C=O) groups is 3. The molecule has 156 valence electrons. The molecule has 0 aromatic rings. The summed E-state index contributed by atoms with van der Waals surface area (Å²) in [6.07, 6.45) is 6.24. The van der Waals surface area contributed by atoms with Gasteiger partial charge in [-0.15, -0.1) is 5.10 Å². The fraction of sp³-hybridized carbons (Fsp3) is 0.789. The van der Waals surface area contributed by atoms with Crippen molar-refractivity contribution in [3.8, 4) is 0 Å². The Bertz CT molecular complexity index is 615. The largest absolute Gasteiger partial charge is 0.381 e. The third-order valence-electron chi connectivity index (χ3n) is 5.75. The van der Waals surface area contributed by atoms with E-state index >= 15 is 0 Å². The topological polar surface area (TPSA) is 100 Å². The van der Waals surface area contributed by atoms with Gasteiger partial charge in [0.15, 0.2) is 5.17 Å². The first-order valence-electron chi connectivity index (χ1n) is 10.2. The van der Waals surface area contributed by atoms with Gasteiger partial charge in [0.1, 0.15) is 6.04 Å². The Labute approximate surface area is 170 Å². The van der Waals surface area contributed by atoms with E-state index in [4.69, 9.17) is 4.74 Å². The Morgan fingerprint density at radius 2 is 1.86 bits per heavy atom. The van der Waals surface area contributed by atoms with Crippen molar-refractivity contribution in [2.45, 2.75) is 51.0 Å². The molecule has 1 atom stereocenters. The van der Waals surface area contributed by atoms with Crippen LogP contribution in [0, 0.1) is 11.8 Å². The first kappa shape index (κ1) is 21.1. The molecule has 3 fully saturated rings. The van der Waals surface area contributed by atoms with E-state index in [0.717, 1.165) is 44.4 Å². The molecule has 28 heavy (non-hydrogen) atoms. The van der Waals surface area contributed by atoms with Crippen LogP contribution in [0.2, 0.25) is 0 Å². The zero-order valence-electron chi connectivity index (χ0n) is 16.4. The van der Waals surface area contributed by atoms with Crippen molar-refractivity contribution in [1.82, 2.24) is 15.6 Å². The number of nitrogens with zero attached hydrogens (tertiary/aromatic N) is 2. The van der Waals surface area contributed by atoms with Crippen LogP contribution in [0.3, 0.4) is 0 Å². The van der Waals surface area contributed by atoms with Crippen molar-refractivity contribution in [2.75, 3.05) is 32.6 Å². The van der Waals surface area contributed by atoms with Crippen molar-refractivity contribution < 1.29 is 19.1 Å². The van der Waals surface area contributed by atoms with Crippen LogP contribution in [-0.2, 0) is 19.1 Å². The quantitative estimate of drug-likeness (QED) is 0.503. The van der Waals surface area contributed by atoms with Crippen LogP contribution >= 0.6 is 11.8 Å². The average Bonchev–Trinajstić information content (AvgIpc) is 3.15. The number of hydrogen-bond donors (Lipinski definition) is 2. The summed E-state index contributed by atoms with van der Waals surface area (Å²) in [5.74, 6) is -0.734. The summed E-state index contributed by atoms with van der Waals surface area (Å²) >= 11 is 1.53. The lowest BCUT2D eigenvalue weighted by molar-refractivity contribution is -0.142. The van der Waals surface area contributed by atoms with E-state index in [-0.39, 0.29) is 17.7 Å². The monoisotopic (exact) mass is 410 g/mol. The van der Waals surface area contributed by atoms with E-state index in [2.05, 4.69) is 15.8 Å². The maximum absolute atomic E-state index is 12.9. The maximum atomic E-state index is 12.9. The van der Waals surface area contributed by atoms with Gasteiger partial charge >= 0.3 is 5.91 Å². The van der Waals surface area contributed by atoms with Gasteiger partial charge in [0.25, 0.3) is 0 Å². The Morgan fingerprint density at radius 3 is 2.50 bits per heavy atom. The van der Waals surface area contributed by atoms with Crippen LogP contribution in [0.25, 0.3) is 0 Å². The van der Waals surface area contributed by atoms with Crippen LogP contribution in [0.4, 0.5) is 0 Å². The molecule has 1 unspecified atom stereocenters. The Balaban J connectivity index is 1.65. The molecule has 0 radical (unpaired) electrons. The summed E-state index contributed by atoms with van der Waals surface area (Å²) in [6.45, 7) is 1.94. The van der Waals surface area contributed by atoms with Crippen molar-refractivity contribution in [1.29, 1.82) is 0 Å². The van der Waals surface area contributed by atoms with Gasteiger partial charge in [-0.3, -0.25) is 14.4 Å². The smallest absolute Gasteiger partial charge is 0.309 e. The number of ketones is 1. The number of amides is 2. The summed E-state index contributed by atoms with van der Waals surface area (Å²) < 4.78 is 5.38. The van der Waals surface area contributed by atoms with Crippen LogP contribution in [0.15, 0.2) is 5.10 Å². The van der Waals surface area contributed by atoms with Crippen molar-refractivity contribution in [3.63, 3.8) is 0 Å². The van der Waals surface area contributed by atoms with Gasteiger partial charge in [0.2, 0.25) is 11.7 Å². The van der Waals surface area contributed by atoms with Crippen LogP contribution in [0.5, 0.6) is 0 Å². The Morgan fingerprint density at radius 1 is 1.14 bits per heavy atom. The van der Waals surface area contributed by atoms with E-state index in [9.17, 15) is 14.4 Å². The predicted molar refractivity (Wildman–Crippen MR) is 108 cm³/mol. The molecular weight excluding hydrogens is 380 g/mol. The minimum atomic E-state index is -0.813. The summed E-state index contributed by atoms with van der Waals surface area (Å²) in [4.78, 5) is 40.0. The number of thioether (sulfide) groups is 1. The third kappa shape index (κ3) is 5.47. The number of hydrazone groups is 1. The summed E-state index contributed by atoms with van der Waals surface area (Å²) in [5, 5.41) is 7.66. The molecule has 0 aromatic heterocycles. The fourth-order valence-electron chi connectivity index (χ4n) is 3.97. The van der Waals surface area contributed by atoms with Gasteiger partial charge in [-0.25, -0.2) is 5.43 Å². The molecule has 9 heteroatoms. The SMILES string of the molecule is CN1CCSC1=NNC(=O)C(=O)C(NC(=O)C1CCCCC1)C1CCOCC1. The standard InChI is InChI=1S/C19H30N4O4S/c1-23-9-12-28-19(23)22-21-18(26)16(24)15(13-7-10-27-11-8-13)20-17(25)14-5-3-2-4-6-14/h13-15H,2-12H2,1H3,(H,20,25)(H,21,26). The summed E-state index contributed by atoms with van der Waals surface area (Å²) in [5.41, 5.74) is 2.38. The molecule has 3 aliphatic rings. The van der Waals surface area contributed by atoms with Gasteiger partial charge in [-0.2, -0.15) is 0 Å². The molecule has 2 saturated heterocycles. The molecule has 0 aromatic carbocycles. The highest BCUT2D eigenvalue weighted by Gasteiger charge is 2.36. The molecular formula is C19H30N4O4S. The van der Waals surface area contributed by atoms with Gasteiger partial charge in [-0.05, 0) is 31.6 Å². The second-order valence-electron chi connectivity index (χ2n) is 7.74. The molecule has 8 nitrogen and oxygen atoms in total. The molecule has 2 aliphatic heterocycles. The summed E-state index contributed by atoms with van der Waals surface area (Å²) in [6, 6.07) is -0.813. The first-order chi connectivity index (χ1) is 13.6. The van der Waals surface area contributed by atoms with Crippen LogP contribution < -0.4 is 10.7 Å². The second-order valence-corrected chi connectivity index (χ2v) is 8.80. The molecule has 2 heterocycles. The van der Waals surface area contributed by atoms with E-state index in [1.165, 1.54) is 11.8 Å². The zero-order valence-corrected chi connectivity index (χ0v) is 17.3. The number of amidine groups is 1. The number of nitrogens with one attached hydrogen (secondary N) is 2. The van der Waals surface area contributed by atoms with Crippen LogP contribution in [-0.4, -0.2) is 66.3 Å². The Kier molecular flexibility index (Phi) is 7.73. The van der Waals surface area contributed by atoms with Crippen molar-refractivity contribution >= 4 is 34.5 Å². The number of rotatable bonds is 6. The third-order valence-corrected chi connectivity index (χ3v) is 6.80. The van der Waals surface area contributed by atoms with E-state index in [0.29, 0.717) is 31.2 Å². The highest BCUT2D eigenvalue weighted by atomic mass is 32.2. The normalized spacial score (nSPS) is 24.2. The number of Topliss-reactive ketones (excluding diaryl/α,β-unsaturated/α-hetero) is 1. The molecule has 3 rings (SSSR count). The minimum Gasteiger partial charge on any atom is -0.381 e. The minimum absolute atomic E-state index is 0.0595. The highest BCUT2D eigenvalue weighted by molar-refractivity contribution is 8.14. The molecule has 2 amide bonds. The Hall–Kier alpha value is -1.61. The van der Waals surface area contributed by atoms with E-state index in [1.807, 2.05) is 11.9 Å². The van der Waals surface area contributed by atoms with Gasteiger partial charge in [-0.1, -0.05) is 31.0 Å². The lowest BCUT2D eigenvalue weighted by Crippen LogP contribution is -2.53. The van der Waals surface area contributed by atoms with Gasteiger partial charge in [0, 0.05) is 38.5 Å².